The highest BCUT2D eigenvalue weighted by molar-refractivity contribution is 7.27. The molecule has 148 valence electrons. The van der Waals surface area contributed by atoms with Crippen molar-refractivity contribution in [2.24, 2.45) is 0 Å². The number of carbonyl (C=O) groups excluding carboxylic acids is 2. The number of carbonyl (C=O) groups is 2. The van der Waals surface area contributed by atoms with Gasteiger partial charge in [-0.15, -0.1) is 0 Å². The van der Waals surface area contributed by atoms with Crippen LogP contribution < -0.4 is 10.1 Å². The lowest BCUT2D eigenvalue weighted by molar-refractivity contribution is -0.384. The van der Waals surface area contributed by atoms with E-state index in [1.807, 2.05) is 0 Å². The number of amides is 1. The number of hydrogen-bond donors (Lipinski definition) is 2. The number of aliphatic hydroxyl groups excluding tert-OH is 1. The van der Waals surface area contributed by atoms with E-state index in [1.54, 1.807) is 13.8 Å². The molecule has 1 aromatic heterocycles. The maximum Gasteiger partial charge on any atom is 0.270 e. The van der Waals surface area contributed by atoms with E-state index in [1.165, 1.54) is 31.2 Å². The Morgan fingerprint density at radius 2 is 2.00 bits per heavy atom. The van der Waals surface area contributed by atoms with Gasteiger partial charge in [0.05, 0.1) is 4.92 Å². The minimum atomic E-state index is -1.89. The number of ether oxygens (including phenoxy) is 1. The van der Waals surface area contributed by atoms with Crippen molar-refractivity contribution in [3.8, 4) is 5.75 Å². The summed E-state index contributed by atoms with van der Waals surface area (Å²) in [6, 6.07) is 5.36. The van der Waals surface area contributed by atoms with Gasteiger partial charge >= 0.3 is 0 Å². The molecule has 3 rings (SSSR count). The zero-order valence-corrected chi connectivity index (χ0v) is 16.1. The van der Waals surface area contributed by atoms with Gasteiger partial charge in [-0.3, -0.25) is 19.7 Å². The molecule has 0 spiro atoms. The van der Waals surface area contributed by atoms with Gasteiger partial charge in [0, 0.05) is 30.7 Å². The van der Waals surface area contributed by atoms with Crippen LogP contribution in [0.5, 0.6) is 5.75 Å². The van der Waals surface area contributed by atoms with E-state index in [2.05, 4.69) is 5.32 Å². The third kappa shape index (κ3) is 3.37. The molecule has 3 unspecified atom stereocenters. The van der Waals surface area contributed by atoms with Crippen LogP contribution in [-0.4, -0.2) is 38.0 Å². The predicted octanol–water partition coefficient (Wildman–Crippen LogP) is 2.53. The van der Waals surface area contributed by atoms with Gasteiger partial charge in [0.15, 0.2) is 5.75 Å². The highest BCUT2D eigenvalue weighted by Gasteiger charge is 2.49. The molecule has 2 N–H and O–H groups in total. The van der Waals surface area contributed by atoms with E-state index in [4.69, 9.17) is 4.74 Å². The second kappa shape index (κ2) is 6.97. The van der Waals surface area contributed by atoms with Crippen molar-refractivity contribution in [1.82, 2.24) is 5.32 Å². The topological polar surface area (TPSA) is 142 Å². The molecule has 2 aromatic rings. The van der Waals surface area contributed by atoms with Gasteiger partial charge in [0.25, 0.3) is 11.6 Å². The van der Waals surface area contributed by atoms with Crippen LogP contribution in [0.3, 0.4) is 0 Å². The molecule has 0 saturated carbocycles. The van der Waals surface area contributed by atoms with Gasteiger partial charge in [0.2, 0.25) is 15.5 Å². The van der Waals surface area contributed by atoms with Crippen LogP contribution in [0.25, 0.3) is 0 Å². The summed E-state index contributed by atoms with van der Waals surface area (Å²) in [6.07, 6.45) is -1.27. The molecule has 1 aliphatic heterocycles. The normalized spacial score (nSPS) is 20.7. The van der Waals surface area contributed by atoms with Crippen molar-refractivity contribution in [3.05, 3.63) is 55.8 Å². The number of fused-ring (bicyclic) bond motifs is 1. The highest BCUT2D eigenvalue weighted by Crippen LogP contribution is 2.48. The lowest BCUT2D eigenvalue weighted by Gasteiger charge is -2.39. The van der Waals surface area contributed by atoms with Crippen LogP contribution in [0.15, 0.2) is 30.3 Å². The van der Waals surface area contributed by atoms with Crippen LogP contribution in [-0.2, 0) is 0 Å². The predicted molar refractivity (Wildman–Crippen MR) is 99.1 cm³/mol. The molecule has 2 heterocycles. The number of aliphatic hydroxyl groups is 1. The van der Waals surface area contributed by atoms with Gasteiger partial charge in [-0.1, -0.05) is 6.07 Å². The Morgan fingerprint density at radius 1 is 1.32 bits per heavy atom. The molecule has 28 heavy (non-hydrogen) atoms. The third-order valence-corrected chi connectivity index (χ3v) is 6.20. The zero-order chi connectivity index (χ0) is 20.8. The number of nitro groups is 1. The van der Waals surface area contributed by atoms with Crippen LogP contribution in [0.2, 0.25) is 0 Å². The number of ketones is 1. The first kappa shape index (κ1) is 19.9. The maximum absolute atomic E-state index is 12.7. The largest absolute Gasteiger partial charge is 0.590 e. The second-order valence-electron chi connectivity index (χ2n) is 6.97. The van der Waals surface area contributed by atoms with E-state index < -0.39 is 45.1 Å². The summed E-state index contributed by atoms with van der Waals surface area (Å²) in [6.45, 7) is 4.45. The number of thiophene rings is 1. The average molecular weight is 406 g/mol. The minimum absolute atomic E-state index is 0.0105. The van der Waals surface area contributed by atoms with Gasteiger partial charge < -0.3 is 19.7 Å². The van der Waals surface area contributed by atoms with Crippen molar-refractivity contribution < 1.29 is 28.9 Å². The summed E-state index contributed by atoms with van der Waals surface area (Å²) >= 11 is 0. The number of non-ortho nitro benzene ring substituents is 1. The van der Waals surface area contributed by atoms with Gasteiger partial charge in [-0.05, 0) is 30.7 Å². The molecule has 0 radical (unpaired) electrons. The molecule has 0 bridgehead atoms. The van der Waals surface area contributed by atoms with Gasteiger partial charge in [0.1, 0.15) is 17.7 Å². The first-order chi connectivity index (χ1) is 13.0. The summed E-state index contributed by atoms with van der Waals surface area (Å²) in [7, 11) is -1.89. The molecule has 9 nitrogen and oxygen atoms in total. The van der Waals surface area contributed by atoms with E-state index in [0.717, 1.165) is 6.07 Å². The summed E-state index contributed by atoms with van der Waals surface area (Å²) < 4.78 is 18.4. The molecule has 0 fully saturated rings. The fourth-order valence-electron chi connectivity index (χ4n) is 3.05. The van der Waals surface area contributed by atoms with E-state index in [-0.39, 0.29) is 26.8 Å². The Hall–Kier alpha value is -2.82. The van der Waals surface area contributed by atoms with Crippen molar-refractivity contribution in [1.29, 1.82) is 0 Å². The summed E-state index contributed by atoms with van der Waals surface area (Å²) in [5.74, 6) is -0.929. The Labute approximate surface area is 162 Å². The Morgan fingerprint density at radius 3 is 2.61 bits per heavy atom. The fraction of sp³-hybridized carbons (Fsp3) is 0.333. The number of nitrogens with one attached hydrogen (secondary N) is 1. The Kier molecular flexibility index (Phi) is 4.96. The van der Waals surface area contributed by atoms with E-state index in [0.29, 0.717) is 0 Å². The first-order valence-corrected chi connectivity index (χ1v) is 9.49. The van der Waals surface area contributed by atoms with Crippen LogP contribution >= 0.6 is 10.8 Å². The summed E-state index contributed by atoms with van der Waals surface area (Å²) in [5, 5.41) is 24.2. The van der Waals surface area contributed by atoms with Crippen molar-refractivity contribution in [2.75, 3.05) is 0 Å². The van der Waals surface area contributed by atoms with Crippen molar-refractivity contribution >= 4 is 28.1 Å². The lowest BCUT2D eigenvalue weighted by atomic mass is 9.90. The Balaban J connectivity index is 2.01. The maximum atomic E-state index is 12.7. The number of hydrogen-bond acceptors (Lipinski definition) is 7. The van der Waals surface area contributed by atoms with Crippen LogP contribution in [0, 0.1) is 10.1 Å². The number of nitro benzene ring substituents is 1. The molecular weight excluding hydrogens is 388 g/mol. The minimum Gasteiger partial charge on any atom is -0.590 e. The summed E-state index contributed by atoms with van der Waals surface area (Å²) in [4.78, 5) is 34.8. The monoisotopic (exact) mass is 406 g/mol. The molecule has 0 aliphatic carbocycles. The van der Waals surface area contributed by atoms with E-state index >= 15 is 0 Å². The molecule has 1 aromatic carbocycles. The molecule has 0 saturated heterocycles. The SMILES string of the molecule is CC(=O)c1cc2c([s+]1[O-])C(NC(=O)c1cccc([N+](=O)[O-])c1)C(O)C(C)(C)O2. The summed E-state index contributed by atoms with van der Waals surface area (Å²) in [5.41, 5.74) is -1.38. The highest BCUT2D eigenvalue weighted by atomic mass is 32.2. The van der Waals surface area contributed by atoms with Gasteiger partial charge in [-0.25, -0.2) is 0 Å². The first-order valence-electron chi connectivity index (χ1n) is 8.34. The molecular formula is C18H18N2O7S. The molecule has 1 aliphatic rings. The smallest absolute Gasteiger partial charge is 0.270 e. The van der Waals surface area contributed by atoms with Gasteiger partial charge in [-0.2, -0.15) is 0 Å². The number of nitrogens with zero attached hydrogens (tertiary/aromatic N) is 1. The molecule has 10 heteroatoms. The number of benzene rings is 1. The fourth-order valence-corrected chi connectivity index (χ4v) is 4.47. The zero-order valence-electron chi connectivity index (χ0n) is 15.3. The number of rotatable bonds is 4. The van der Waals surface area contributed by atoms with Crippen molar-refractivity contribution in [2.45, 2.75) is 38.5 Å². The quantitative estimate of drug-likeness (QED) is 0.344. The second-order valence-corrected chi connectivity index (χ2v) is 8.39. The number of Topliss-reactive ketones (excluding diaryl/α,β-unsaturated/α-hetero) is 1. The average Bonchev–Trinajstić information content (AvgIpc) is 2.94. The molecule has 3 atom stereocenters. The third-order valence-electron chi connectivity index (χ3n) is 4.54. The lowest BCUT2D eigenvalue weighted by Crippen LogP contribution is -2.53. The van der Waals surface area contributed by atoms with Crippen LogP contribution in [0.1, 0.15) is 51.7 Å². The Bertz CT molecular complexity index is 982. The standard InChI is InChI=1S/C18H18N2O7S/c1-9(21)13-8-12-15(28(13)26)14(16(22)18(2,3)27-12)19-17(23)10-5-4-6-11(7-10)20(24)25/h4-8,14,16,22H,1-3H3,(H,19,23). The molecule has 1 amide bonds. The van der Waals surface area contributed by atoms with Crippen molar-refractivity contribution in [3.63, 3.8) is 0 Å². The van der Waals surface area contributed by atoms with Crippen LogP contribution in [0.4, 0.5) is 5.69 Å². The van der Waals surface area contributed by atoms with E-state index in [9.17, 15) is 29.4 Å².